The second kappa shape index (κ2) is 3.70. The Morgan fingerprint density at radius 2 is 2.20 bits per heavy atom. The van der Waals surface area contributed by atoms with Crippen molar-refractivity contribution in [3.05, 3.63) is 39.7 Å². The largest absolute Gasteiger partial charge is 0.306 e. The van der Waals surface area contributed by atoms with Crippen LogP contribution in [0, 0.1) is 33.7 Å². The third-order valence-electron chi connectivity index (χ3n) is 2.14. The van der Waals surface area contributed by atoms with E-state index in [9.17, 15) is 14.5 Å². The van der Waals surface area contributed by atoms with E-state index in [0.717, 1.165) is 18.9 Å². The molecule has 2 rings (SSSR count). The first kappa shape index (κ1) is 9.66. The predicted molar refractivity (Wildman–Crippen MR) is 52.7 cm³/mol. The molecule has 0 amide bonds. The summed E-state index contributed by atoms with van der Waals surface area (Å²) in [6, 6.07) is 3.71. The van der Waals surface area contributed by atoms with E-state index in [-0.39, 0.29) is 0 Å². The third kappa shape index (κ3) is 2.32. The second-order valence-corrected chi connectivity index (χ2v) is 3.47. The molecule has 1 saturated carbocycles. The monoisotopic (exact) mass is 205 g/mol. The van der Waals surface area contributed by atoms with E-state index in [1.807, 2.05) is 0 Å². The molecule has 0 unspecified atom stereocenters. The lowest BCUT2D eigenvalue weighted by Gasteiger charge is -1.94. The summed E-state index contributed by atoms with van der Waals surface area (Å²) in [5, 5.41) is 10.4. The van der Waals surface area contributed by atoms with Gasteiger partial charge in [0.25, 0.3) is 0 Å². The van der Waals surface area contributed by atoms with Gasteiger partial charge >= 0.3 is 5.69 Å². The summed E-state index contributed by atoms with van der Waals surface area (Å²) in [5.41, 5.74) is -0.0207. The topological polar surface area (TPSA) is 43.1 Å². The smallest absolute Gasteiger partial charge is 0.258 e. The van der Waals surface area contributed by atoms with Crippen LogP contribution in [0.3, 0.4) is 0 Å². The molecule has 0 N–H and O–H groups in total. The highest BCUT2D eigenvalue weighted by Crippen LogP contribution is 2.27. The third-order valence-corrected chi connectivity index (χ3v) is 2.14. The number of halogens is 1. The average molecular weight is 205 g/mol. The molecular weight excluding hydrogens is 197 g/mol. The predicted octanol–water partition coefficient (Wildman–Crippen LogP) is 2.50. The van der Waals surface area contributed by atoms with Crippen molar-refractivity contribution < 1.29 is 9.31 Å². The van der Waals surface area contributed by atoms with Gasteiger partial charge in [0.15, 0.2) is 0 Å². The summed E-state index contributed by atoms with van der Waals surface area (Å²) in [6.45, 7) is 0. The average Bonchev–Trinajstić information content (AvgIpc) is 3.00. The molecule has 3 nitrogen and oxygen atoms in total. The number of nitro benzene ring substituents is 1. The van der Waals surface area contributed by atoms with Crippen LogP contribution in [0.15, 0.2) is 18.2 Å². The Hall–Kier alpha value is -1.89. The lowest BCUT2D eigenvalue weighted by atomic mass is 10.2. The highest BCUT2D eigenvalue weighted by Gasteiger charge is 2.18. The minimum Gasteiger partial charge on any atom is -0.258 e. The molecule has 0 radical (unpaired) electrons. The first-order valence-electron chi connectivity index (χ1n) is 4.62. The molecule has 0 spiro atoms. The molecule has 0 aliphatic heterocycles. The standard InChI is InChI=1S/C11H8FNO2/c12-10-6-5-9(4-3-8-1-2-8)7-11(10)13(14)15/h5-8H,1-2H2. The van der Waals surface area contributed by atoms with Crippen LogP contribution in [0.4, 0.5) is 10.1 Å². The van der Waals surface area contributed by atoms with E-state index in [1.165, 1.54) is 12.1 Å². The molecule has 0 aromatic heterocycles. The number of hydrogen-bond donors (Lipinski definition) is 0. The van der Waals surface area contributed by atoms with Crippen molar-refractivity contribution in [2.75, 3.05) is 0 Å². The zero-order valence-corrected chi connectivity index (χ0v) is 7.87. The molecule has 4 heteroatoms. The Kier molecular flexibility index (Phi) is 2.38. The van der Waals surface area contributed by atoms with Crippen molar-refractivity contribution in [2.45, 2.75) is 12.8 Å². The number of benzene rings is 1. The van der Waals surface area contributed by atoms with Gasteiger partial charge in [-0.3, -0.25) is 10.1 Å². The molecular formula is C11H8FNO2. The van der Waals surface area contributed by atoms with Gasteiger partial charge in [-0.05, 0) is 25.0 Å². The number of nitrogens with zero attached hydrogens (tertiary/aromatic N) is 1. The van der Waals surface area contributed by atoms with Crippen LogP contribution in [-0.2, 0) is 0 Å². The van der Waals surface area contributed by atoms with Gasteiger partial charge in [-0.25, -0.2) is 0 Å². The van der Waals surface area contributed by atoms with E-state index in [1.54, 1.807) is 0 Å². The fraction of sp³-hybridized carbons (Fsp3) is 0.273. The Balaban J connectivity index is 2.30. The van der Waals surface area contributed by atoms with Crippen molar-refractivity contribution in [3.8, 4) is 11.8 Å². The lowest BCUT2D eigenvalue weighted by Crippen LogP contribution is -1.92. The van der Waals surface area contributed by atoms with Crippen molar-refractivity contribution in [1.82, 2.24) is 0 Å². The van der Waals surface area contributed by atoms with Crippen LogP contribution >= 0.6 is 0 Å². The van der Waals surface area contributed by atoms with Crippen molar-refractivity contribution in [1.29, 1.82) is 0 Å². The molecule has 0 bridgehead atoms. The Labute approximate surface area is 86.1 Å². The molecule has 15 heavy (non-hydrogen) atoms. The fourth-order valence-electron chi connectivity index (χ4n) is 1.14. The van der Waals surface area contributed by atoms with Crippen molar-refractivity contribution >= 4 is 5.69 Å². The molecule has 0 atom stereocenters. The summed E-state index contributed by atoms with van der Waals surface area (Å²) < 4.78 is 12.9. The summed E-state index contributed by atoms with van der Waals surface area (Å²) >= 11 is 0. The zero-order valence-electron chi connectivity index (χ0n) is 7.87. The Bertz CT molecular complexity index is 469. The minimum atomic E-state index is -0.822. The molecule has 0 saturated heterocycles. The maximum absolute atomic E-state index is 12.9. The SMILES string of the molecule is O=[N+]([O-])c1cc(C#CC2CC2)ccc1F. The van der Waals surface area contributed by atoms with Gasteiger partial charge in [-0.15, -0.1) is 0 Å². The van der Waals surface area contributed by atoms with Crippen LogP contribution in [-0.4, -0.2) is 4.92 Å². The summed E-state index contributed by atoms with van der Waals surface area (Å²) in [7, 11) is 0. The fourth-order valence-corrected chi connectivity index (χ4v) is 1.14. The summed E-state index contributed by atoms with van der Waals surface area (Å²) in [6.07, 6.45) is 2.19. The molecule has 1 aliphatic carbocycles. The van der Waals surface area contributed by atoms with Gasteiger partial charge in [-0.2, -0.15) is 4.39 Å². The van der Waals surface area contributed by atoms with Crippen LogP contribution in [0.2, 0.25) is 0 Å². The normalized spacial score (nSPS) is 14.2. The summed E-state index contributed by atoms with van der Waals surface area (Å²) in [4.78, 5) is 9.70. The van der Waals surface area contributed by atoms with Crippen LogP contribution in [0.1, 0.15) is 18.4 Å². The maximum atomic E-state index is 12.9. The van der Waals surface area contributed by atoms with Gasteiger partial charge in [-0.1, -0.05) is 11.8 Å². The molecule has 1 aliphatic rings. The number of hydrogen-bond acceptors (Lipinski definition) is 2. The van der Waals surface area contributed by atoms with Crippen molar-refractivity contribution in [2.24, 2.45) is 5.92 Å². The number of nitro groups is 1. The Morgan fingerprint density at radius 3 is 2.80 bits per heavy atom. The highest BCUT2D eigenvalue weighted by atomic mass is 19.1. The Morgan fingerprint density at radius 1 is 1.47 bits per heavy atom. The second-order valence-electron chi connectivity index (χ2n) is 3.47. The van der Waals surface area contributed by atoms with E-state index >= 15 is 0 Å². The quantitative estimate of drug-likeness (QED) is 0.401. The van der Waals surface area contributed by atoms with Crippen LogP contribution in [0.5, 0.6) is 0 Å². The van der Waals surface area contributed by atoms with Gasteiger partial charge in [0.1, 0.15) is 0 Å². The van der Waals surface area contributed by atoms with Crippen LogP contribution < -0.4 is 0 Å². The van der Waals surface area contributed by atoms with E-state index in [0.29, 0.717) is 11.5 Å². The van der Waals surface area contributed by atoms with E-state index in [4.69, 9.17) is 0 Å². The highest BCUT2D eigenvalue weighted by molar-refractivity contribution is 5.44. The van der Waals surface area contributed by atoms with Gasteiger partial charge in [0.05, 0.1) is 4.92 Å². The number of rotatable bonds is 1. The zero-order chi connectivity index (χ0) is 10.8. The van der Waals surface area contributed by atoms with Gasteiger partial charge < -0.3 is 0 Å². The van der Waals surface area contributed by atoms with Crippen molar-refractivity contribution in [3.63, 3.8) is 0 Å². The first-order valence-corrected chi connectivity index (χ1v) is 4.62. The molecule has 0 heterocycles. The molecule has 1 aromatic rings. The molecule has 1 aromatic carbocycles. The van der Waals surface area contributed by atoms with E-state index < -0.39 is 16.4 Å². The van der Waals surface area contributed by atoms with E-state index in [2.05, 4.69) is 11.8 Å². The lowest BCUT2D eigenvalue weighted by molar-refractivity contribution is -0.387. The van der Waals surface area contributed by atoms with Gasteiger partial charge in [0, 0.05) is 17.5 Å². The summed E-state index contributed by atoms with van der Waals surface area (Å²) in [5.74, 6) is 5.37. The molecule has 76 valence electrons. The van der Waals surface area contributed by atoms with Crippen LogP contribution in [0.25, 0.3) is 0 Å². The van der Waals surface area contributed by atoms with Gasteiger partial charge in [0.2, 0.25) is 5.82 Å². The minimum absolute atomic E-state index is 0.425. The maximum Gasteiger partial charge on any atom is 0.306 e. The first-order chi connectivity index (χ1) is 7.16. The molecule has 1 fully saturated rings.